The van der Waals surface area contributed by atoms with Gasteiger partial charge < -0.3 is 5.32 Å². The number of nitro benzene ring substituents is 1. The molecule has 0 fully saturated rings. The van der Waals surface area contributed by atoms with Crippen LogP contribution in [0.3, 0.4) is 0 Å². The summed E-state index contributed by atoms with van der Waals surface area (Å²) in [5, 5.41) is 17.9. The lowest BCUT2D eigenvalue weighted by Crippen LogP contribution is -1.96. The number of benzene rings is 1. The highest BCUT2D eigenvalue weighted by Gasteiger charge is 2.12. The summed E-state index contributed by atoms with van der Waals surface area (Å²) in [5.74, 6) is -0.654. The normalized spacial score (nSPS) is 10.5. The van der Waals surface area contributed by atoms with Crippen molar-refractivity contribution in [2.75, 3.05) is 5.32 Å². The Morgan fingerprint density at radius 2 is 2.21 bits per heavy atom. The number of halogens is 1. The van der Waals surface area contributed by atoms with Gasteiger partial charge in [-0.1, -0.05) is 6.92 Å². The first-order valence-corrected chi connectivity index (χ1v) is 5.74. The molecule has 0 saturated heterocycles. The average molecular weight is 264 g/mol. The summed E-state index contributed by atoms with van der Waals surface area (Å²) < 4.78 is 14.9. The van der Waals surface area contributed by atoms with E-state index in [4.69, 9.17) is 0 Å². The summed E-state index contributed by atoms with van der Waals surface area (Å²) in [6.45, 7) is 1.95. The Morgan fingerprint density at radius 3 is 2.84 bits per heavy atom. The molecule has 6 nitrogen and oxygen atoms in total. The van der Waals surface area contributed by atoms with Gasteiger partial charge in [0.15, 0.2) is 0 Å². The first kappa shape index (κ1) is 13.0. The van der Waals surface area contributed by atoms with Gasteiger partial charge in [-0.2, -0.15) is 5.10 Å². The van der Waals surface area contributed by atoms with E-state index in [9.17, 15) is 14.5 Å². The summed E-state index contributed by atoms with van der Waals surface area (Å²) in [4.78, 5) is 10.1. The second kappa shape index (κ2) is 5.05. The number of hydrogen-bond donors (Lipinski definition) is 1. The van der Waals surface area contributed by atoms with Gasteiger partial charge in [0.25, 0.3) is 5.69 Å². The van der Waals surface area contributed by atoms with Gasteiger partial charge in [-0.3, -0.25) is 14.8 Å². The van der Waals surface area contributed by atoms with E-state index in [1.54, 1.807) is 17.9 Å². The number of aromatic nitrogens is 2. The molecule has 1 heterocycles. The molecule has 2 aromatic rings. The van der Waals surface area contributed by atoms with Crippen LogP contribution in [-0.2, 0) is 13.5 Å². The monoisotopic (exact) mass is 264 g/mol. The van der Waals surface area contributed by atoms with Gasteiger partial charge in [-0.15, -0.1) is 0 Å². The smallest absolute Gasteiger partial charge is 0.274 e. The van der Waals surface area contributed by atoms with Gasteiger partial charge in [0, 0.05) is 25.0 Å². The van der Waals surface area contributed by atoms with Gasteiger partial charge in [0.05, 0.1) is 22.4 Å². The van der Waals surface area contributed by atoms with Crippen molar-refractivity contribution in [1.29, 1.82) is 0 Å². The molecule has 0 atom stereocenters. The van der Waals surface area contributed by atoms with Gasteiger partial charge in [-0.25, -0.2) is 4.39 Å². The molecule has 1 aromatic heterocycles. The molecular formula is C12H13FN4O2. The van der Waals surface area contributed by atoms with Crippen LogP contribution in [0.5, 0.6) is 0 Å². The topological polar surface area (TPSA) is 73.0 Å². The highest BCUT2D eigenvalue weighted by molar-refractivity contribution is 5.63. The Labute approximate surface area is 109 Å². The molecule has 0 aliphatic rings. The van der Waals surface area contributed by atoms with E-state index in [-0.39, 0.29) is 5.69 Å². The van der Waals surface area contributed by atoms with Crippen molar-refractivity contribution >= 4 is 17.1 Å². The van der Waals surface area contributed by atoms with Crippen LogP contribution in [0, 0.1) is 15.9 Å². The minimum absolute atomic E-state index is 0.288. The summed E-state index contributed by atoms with van der Waals surface area (Å²) in [6, 6.07) is 3.38. The molecule has 19 heavy (non-hydrogen) atoms. The largest absolute Gasteiger partial charge is 0.352 e. The molecule has 7 heteroatoms. The van der Waals surface area contributed by atoms with Crippen molar-refractivity contribution in [1.82, 2.24) is 9.78 Å². The van der Waals surface area contributed by atoms with E-state index in [1.807, 2.05) is 6.92 Å². The maximum Gasteiger partial charge on any atom is 0.274 e. The highest BCUT2D eigenvalue weighted by atomic mass is 19.1. The van der Waals surface area contributed by atoms with Crippen LogP contribution in [0.1, 0.15) is 12.6 Å². The van der Waals surface area contributed by atoms with E-state index in [2.05, 4.69) is 10.4 Å². The number of nitrogens with zero attached hydrogens (tertiary/aromatic N) is 3. The Kier molecular flexibility index (Phi) is 3.46. The van der Waals surface area contributed by atoms with E-state index in [0.29, 0.717) is 17.8 Å². The standard InChI is InChI=1S/C12H13FN4O2/c1-3-11-12(7-16(2)15-11)14-9-4-8(13)5-10(6-9)17(18)19/h4-7,14H,3H2,1-2H3. The molecule has 0 unspecified atom stereocenters. The van der Waals surface area contributed by atoms with Crippen LogP contribution in [0.2, 0.25) is 0 Å². The van der Waals surface area contributed by atoms with Crippen LogP contribution < -0.4 is 5.32 Å². The minimum Gasteiger partial charge on any atom is -0.352 e. The summed E-state index contributed by atoms with van der Waals surface area (Å²) >= 11 is 0. The molecule has 0 saturated carbocycles. The molecule has 0 aliphatic heterocycles. The number of rotatable bonds is 4. The molecule has 0 aliphatic carbocycles. The number of aryl methyl sites for hydroxylation is 2. The van der Waals surface area contributed by atoms with E-state index in [1.165, 1.54) is 12.1 Å². The first-order valence-electron chi connectivity index (χ1n) is 5.74. The third kappa shape index (κ3) is 2.87. The lowest BCUT2D eigenvalue weighted by molar-refractivity contribution is -0.385. The number of nitrogens with one attached hydrogen (secondary N) is 1. The van der Waals surface area contributed by atoms with Gasteiger partial charge >= 0.3 is 0 Å². The van der Waals surface area contributed by atoms with Crippen molar-refractivity contribution in [3.63, 3.8) is 0 Å². The Balaban J connectivity index is 2.35. The molecule has 1 aromatic carbocycles. The molecule has 0 bridgehead atoms. The molecule has 100 valence electrons. The first-order chi connectivity index (χ1) is 8.99. The quantitative estimate of drug-likeness (QED) is 0.680. The summed E-state index contributed by atoms with van der Waals surface area (Å²) in [6.07, 6.45) is 2.45. The van der Waals surface area contributed by atoms with Crippen LogP contribution in [0.4, 0.5) is 21.5 Å². The zero-order valence-corrected chi connectivity index (χ0v) is 10.6. The fourth-order valence-corrected chi connectivity index (χ4v) is 1.81. The minimum atomic E-state index is -0.654. The van der Waals surface area contributed by atoms with Crippen LogP contribution in [0.15, 0.2) is 24.4 Å². The average Bonchev–Trinajstić information content (AvgIpc) is 2.68. The Bertz CT molecular complexity index is 624. The van der Waals surface area contributed by atoms with Gasteiger partial charge in [0.1, 0.15) is 5.82 Å². The highest BCUT2D eigenvalue weighted by Crippen LogP contribution is 2.25. The van der Waals surface area contributed by atoms with Crippen LogP contribution in [-0.4, -0.2) is 14.7 Å². The van der Waals surface area contributed by atoms with Crippen molar-refractivity contribution in [2.24, 2.45) is 7.05 Å². The zero-order valence-electron chi connectivity index (χ0n) is 10.6. The second-order valence-electron chi connectivity index (χ2n) is 4.10. The molecule has 0 spiro atoms. The van der Waals surface area contributed by atoms with Crippen molar-refractivity contribution in [3.8, 4) is 0 Å². The maximum atomic E-state index is 13.3. The number of anilines is 2. The Morgan fingerprint density at radius 1 is 1.47 bits per heavy atom. The predicted molar refractivity (Wildman–Crippen MR) is 68.9 cm³/mol. The molecule has 0 radical (unpaired) electrons. The molecule has 0 amide bonds. The van der Waals surface area contributed by atoms with Gasteiger partial charge in [0.2, 0.25) is 0 Å². The summed E-state index contributed by atoms with van der Waals surface area (Å²) in [7, 11) is 1.78. The van der Waals surface area contributed by atoms with Crippen molar-refractivity contribution < 1.29 is 9.31 Å². The fourth-order valence-electron chi connectivity index (χ4n) is 1.81. The fraction of sp³-hybridized carbons (Fsp3) is 0.250. The summed E-state index contributed by atoms with van der Waals surface area (Å²) in [5.41, 5.74) is 1.57. The van der Waals surface area contributed by atoms with E-state index >= 15 is 0 Å². The zero-order chi connectivity index (χ0) is 14.0. The molecule has 1 N–H and O–H groups in total. The van der Waals surface area contributed by atoms with Crippen LogP contribution in [0.25, 0.3) is 0 Å². The third-order valence-corrected chi connectivity index (χ3v) is 2.61. The maximum absolute atomic E-state index is 13.3. The second-order valence-corrected chi connectivity index (χ2v) is 4.10. The lowest BCUT2D eigenvalue weighted by Gasteiger charge is -2.05. The van der Waals surface area contributed by atoms with Gasteiger partial charge in [-0.05, 0) is 12.5 Å². The predicted octanol–water partition coefficient (Wildman–Crippen LogP) is 2.77. The van der Waals surface area contributed by atoms with Crippen LogP contribution >= 0.6 is 0 Å². The van der Waals surface area contributed by atoms with E-state index in [0.717, 1.165) is 11.8 Å². The van der Waals surface area contributed by atoms with Crippen molar-refractivity contribution in [2.45, 2.75) is 13.3 Å². The third-order valence-electron chi connectivity index (χ3n) is 2.61. The lowest BCUT2D eigenvalue weighted by atomic mass is 10.2. The Hall–Kier alpha value is -2.44. The number of hydrogen-bond acceptors (Lipinski definition) is 4. The number of nitro groups is 1. The van der Waals surface area contributed by atoms with E-state index < -0.39 is 10.7 Å². The molecular weight excluding hydrogens is 251 g/mol. The SMILES string of the molecule is CCc1nn(C)cc1Nc1cc(F)cc([N+](=O)[O-])c1. The molecule has 2 rings (SSSR count). The van der Waals surface area contributed by atoms with Crippen molar-refractivity contribution in [3.05, 3.63) is 46.0 Å². The number of non-ortho nitro benzene ring substituents is 1.